The van der Waals surface area contributed by atoms with Gasteiger partial charge < -0.3 is 10.2 Å². The maximum atomic E-state index is 11.7. The van der Waals surface area contributed by atoms with Crippen LogP contribution < -0.4 is 5.32 Å². The van der Waals surface area contributed by atoms with E-state index >= 15 is 0 Å². The Bertz CT molecular complexity index is 415. The van der Waals surface area contributed by atoms with Crippen LogP contribution in [-0.2, 0) is 17.6 Å². The van der Waals surface area contributed by atoms with E-state index in [1.165, 1.54) is 11.1 Å². The Morgan fingerprint density at radius 1 is 1.29 bits per heavy atom. The van der Waals surface area contributed by atoms with Gasteiger partial charge in [-0.1, -0.05) is 13.0 Å². The highest BCUT2D eigenvalue weighted by Gasteiger charge is 2.17. The average molecular weight is 232 g/mol. The Morgan fingerprint density at radius 3 is 2.65 bits per heavy atom. The van der Waals surface area contributed by atoms with Crippen LogP contribution in [0, 0.1) is 0 Å². The van der Waals surface area contributed by atoms with Crippen molar-refractivity contribution < 1.29 is 4.79 Å². The van der Waals surface area contributed by atoms with Crippen molar-refractivity contribution in [2.45, 2.75) is 26.2 Å². The molecule has 0 saturated heterocycles. The fourth-order valence-corrected chi connectivity index (χ4v) is 2.35. The second kappa shape index (κ2) is 5.21. The molecule has 3 nitrogen and oxygen atoms in total. The average Bonchev–Trinajstić information content (AvgIpc) is 2.59. The zero-order chi connectivity index (χ0) is 12.3. The SMILES string of the molecule is CCC(=O)N1CCc2ccc(NC)cc2CC1. The molecule has 1 aliphatic heterocycles. The van der Waals surface area contributed by atoms with Crippen LogP contribution in [0.1, 0.15) is 24.5 Å². The monoisotopic (exact) mass is 232 g/mol. The lowest BCUT2D eigenvalue weighted by atomic mass is 10.0. The number of carbonyl (C=O) groups excluding carboxylic acids is 1. The number of hydrogen-bond donors (Lipinski definition) is 1. The second-order valence-electron chi connectivity index (χ2n) is 4.47. The first-order chi connectivity index (χ1) is 8.24. The van der Waals surface area contributed by atoms with Gasteiger partial charge in [-0.15, -0.1) is 0 Å². The molecule has 0 atom stereocenters. The highest BCUT2D eigenvalue weighted by molar-refractivity contribution is 5.76. The topological polar surface area (TPSA) is 32.3 Å². The standard InChI is InChI=1S/C14H20N2O/c1-3-14(17)16-8-6-11-4-5-13(15-2)10-12(11)7-9-16/h4-5,10,15H,3,6-9H2,1-2H3. The summed E-state index contributed by atoms with van der Waals surface area (Å²) in [5.41, 5.74) is 3.91. The first kappa shape index (κ1) is 12.0. The molecule has 0 bridgehead atoms. The summed E-state index contributed by atoms with van der Waals surface area (Å²) in [5, 5.41) is 3.16. The lowest BCUT2D eigenvalue weighted by Gasteiger charge is -2.19. The molecule has 17 heavy (non-hydrogen) atoms. The second-order valence-corrected chi connectivity index (χ2v) is 4.47. The molecule has 0 radical (unpaired) electrons. The molecule has 3 heteroatoms. The molecule has 1 amide bonds. The quantitative estimate of drug-likeness (QED) is 0.846. The fraction of sp³-hybridized carbons (Fsp3) is 0.500. The molecule has 2 rings (SSSR count). The molecular formula is C14H20N2O. The number of benzene rings is 1. The largest absolute Gasteiger partial charge is 0.388 e. The Labute approximate surface area is 103 Å². The third-order valence-corrected chi connectivity index (χ3v) is 3.45. The van der Waals surface area contributed by atoms with Crippen LogP contribution in [0.5, 0.6) is 0 Å². The summed E-state index contributed by atoms with van der Waals surface area (Å²) in [7, 11) is 1.94. The van der Waals surface area contributed by atoms with E-state index in [0.717, 1.165) is 31.6 Å². The van der Waals surface area contributed by atoms with E-state index in [4.69, 9.17) is 0 Å². The van der Waals surface area contributed by atoms with Crippen molar-refractivity contribution in [2.75, 3.05) is 25.5 Å². The predicted octanol–water partition coefficient (Wildman–Crippen LogP) is 2.07. The Kier molecular flexibility index (Phi) is 3.67. The van der Waals surface area contributed by atoms with Gasteiger partial charge in [0.15, 0.2) is 0 Å². The summed E-state index contributed by atoms with van der Waals surface area (Å²) < 4.78 is 0. The molecule has 0 unspecified atom stereocenters. The first-order valence-corrected chi connectivity index (χ1v) is 6.32. The third-order valence-electron chi connectivity index (χ3n) is 3.45. The molecule has 0 aliphatic carbocycles. The van der Waals surface area contributed by atoms with Gasteiger partial charge >= 0.3 is 0 Å². The summed E-state index contributed by atoms with van der Waals surface area (Å²) in [6.45, 7) is 3.64. The van der Waals surface area contributed by atoms with E-state index in [2.05, 4.69) is 23.5 Å². The van der Waals surface area contributed by atoms with Gasteiger partial charge in [0.05, 0.1) is 0 Å². The van der Waals surface area contributed by atoms with E-state index < -0.39 is 0 Å². The van der Waals surface area contributed by atoms with E-state index in [9.17, 15) is 4.79 Å². The van der Waals surface area contributed by atoms with Gasteiger partial charge in [-0.05, 0) is 36.1 Å². The predicted molar refractivity (Wildman–Crippen MR) is 70.3 cm³/mol. The number of rotatable bonds is 2. The van der Waals surface area contributed by atoms with Crippen LogP contribution in [0.25, 0.3) is 0 Å². The zero-order valence-electron chi connectivity index (χ0n) is 10.6. The molecule has 1 aromatic rings. The summed E-state index contributed by atoms with van der Waals surface area (Å²) in [5.74, 6) is 0.270. The lowest BCUT2D eigenvalue weighted by Crippen LogP contribution is -2.32. The normalized spacial score (nSPS) is 15.1. The lowest BCUT2D eigenvalue weighted by molar-refractivity contribution is -0.130. The highest BCUT2D eigenvalue weighted by Crippen LogP contribution is 2.20. The van der Waals surface area contributed by atoms with E-state index in [0.29, 0.717) is 6.42 Å². The van der Waals surface area contributed by atoms with E-state index in [1.807, 2.05) is 18.9 Å². The van der Waals surface area contributed by atoms with Crippen molar-refractivity contribution in [1.29, 1.82) is 0 Å². The molecular weight excluding hydrogens is 212 g/mol. The number of amides is 1. The van der Waals surface area contributed by atoms with Crippen LogP contribution in [0.15, 0.2) is 18.2 Å². The molecule has 1 aromatic carbocycles. The van der Waals surface area contributed by atoms with Crippen molar-refractivity contribution in [3.63, 3.8) is 0 Å². The Hall–Kier alpha value is -1.51. The molecule has 0 spiro atoms. The molecule has 0 aromatic heterocycles. The van der Waals surface area contributed by atoms with Crippen LogP contribution >= 0.6 is 0 Å². The van der Waals surface area contributed by atoms with Crippen LogP contribution in [0.2, 0.25) is 0 Å². The van der Waals surface area contributed by atoms with E-state index in [1.54, 1.807) is 0 Å². The summed E-state index contributed by atoms with van der Waals surface area (Å²) in [6, 6.07) is 6.49. The number of nitrogens with zero attached hydrogens (tertiary/aromatic N) is 1. The van der Waals surface area contributed by atoms with Crippen LogP contribution in [-0.4, -0.2) is 30.9 Å². The minimum atomic E-state index is 0.270. The zero-order valence-corrected chi connectivity index (χ0v) is 10.6. The smallest absolute Gasteiger partial charge is 0.222 e. The van der Waals surface area contributed by atoms with Crippen molar-refractivity contribution >= 4 is 11.6 Å². The fourth-order valence-electron chi connectivity index (χ4n) is 2.35. The van der Waals surface area contributed by atoms with Gasteiger partial charge in [0.2, 0.25) is 5.91 Å². The molecule has 0 saturated carbocycles. The van der Waals surface area contributed by atoms with Gasteiger partial charge in [0.1, 0.15) is 0 Å². The Balaban J connectivity index is 2.15. The van der Waals surface area contributed by atoms with Gasteiger partial charge in [-0.2, -0.15) is 0 Å². The molecule has 1 aliphatic rings. The molecule has 0 fully saturated rings. The summed E-state index contributed by atoms with van der Waals surface area (Å²) >= 11 is 0. The van der Waals surface area contributed by atoms with Crippen molar-refractivity contribution in [3.05, 3.63) is 29.3 Å². The van der Waals surface area contributed by atoms with Crippen LogP contribution in [0.3, 0.4) is 0 Å². The van der Waals surface area contributed by atoms with Crippen molar-refractivity contribution in [1.82, 2.24) is 4.90 Å². The van der Waals surface area contributed by atoms with Crippen molar-refractivity contribution in [3.8, 4) is 0 Å². The molecule has 1 N–H and O–H groups in total. The number of carbonyl (C=O) groups is 1. The Morgan fingerprint density at radius 2 is 2.00 bits per heavy atom. The maximum absolute atomic E-state index is 11.7. The third kappa shape index (κ3) is 2.60. The molecule has 1 heterocycles. The van der Waals surface area contributed by atoms with Gasteiger partial charge in [-0.3, -0.25) is 4.79 Å². The number of nitrogens with one attached hydrogen (secondary N) is 1. The number of hydrogen-bond acceptors (Lipinski definition) is 2. The van der Waals surface area contributed by atoms with E-state index in [-0.39, 0.29) is 5.91 Å². The van der Waals surface area contributed by atoms with Gasteiger partial charge in [0, 0.05) is 32.2 Å². The highest BCUT2D eigenvalue weighted by atomic mass is 16.2. The minimum absolute atomic E-state index is 0.270. The first-order valence-electron chi connectivity index (χ1n) is 6.32. The van der Waals surface area contributed by atoms with Gasteiger partial charge in [-0.25, -0.2) is 0 Å². The number of anilines is 1. The van der Waals surface area contributed by atoms with Gasteiger partial charge in [0.25, 0.3) is 0 Å². The molecule has 92 valence electrons. The summed E-state index contributed by atoms with van der Waals surface area (Å²) in [6.07, 6.45) is 2.56. The number of fused-ring (bicyclic) bond motifs is 1. The minimum Gasteiger partial charge on any atom is -0.388 e. The van der Waals surface area contributed by atoms with Crippen LogP contribution in [0.4, 0.5) is 5.69 Å². The van der Waals surface area contributed by atoms with Crippen molar-refractivity contribution in [2.24, 2.45) is 0 Å². The summed E-state index contributed by atoms with van der Waals surface area (Å²) in [4.78, 5) is 13.7. The maximum Gasteiger partial charge on any atom is 0.222 e.